The fourth-order valence-electron chi connectivity index (χ4n) is 4.45. The van der Waals surface area contributed by atoms with Crippen LogP contribution in [-0.4, -0.2) is 47.7 Å². The monoisotopic (exact) mass is 383 g/mol. The van der Waals surface area contributed by atoms with E-state index < -0.39 is 23.8 Å². The highest BCUT2D eigenvalue weighted by Crippen LogP contribution is 2.39. The minimum absolute atomic E-state index is 0.121. The largest absolute Gasteiger partial charge is 0.371 e. The van der Waals surface area contributed by atoms with Crippen molar-refractivity contribution in [1.82, 2.24) is 10.2 Å². The Balaban J connectivity index is 1.66. The molecule has 3 aliphatic heterocycles. The van der Waals surface area contributed by atoms with Gasteiger partial charge in [-0.2, -0.15) is 0 Å². The summed E-state index contributed by atoms with van der Waals surface area (Å²) < 4.78 is 0. The van der Waals surface area contributed by atoms with E-state index in [0.29, 0.717) is 17.0 Å². The summed E-state index contributed by atoms with van der Waals surface area (Å²) in [4.78, 5) is 53.0. The first-order chi connectivity index (χ1) is 13.2. The Morgan fingerprint density at radius 3 is 2.43 bits per heavy atom. The first-order valence-corrected chi connectivity index (χ1v) is 9.78. The molecule has 1 aromatic rings. The lowest BCUT2D eigenvalue weighted by molar-refractivity contribution is -0.136. The molecule has 0 aliphatic carbocycles. The molecule has 2 atom stereocenters. The van der Waals surface area contributed by atoms with Crippen molar-refractivity contribution in [3.8, 4) is 0 Å². The molecule has 3 aliphatic rings. The van der Waals surface area contributed by atoms with Crippen LogP contribution in [0.1, 0.15) is 60.7 Å². The predicted molar refractivity (Wildman–Crippen MR) is 103 cm³/mol. The van der Waals surface area contributed by atoms with Crippen molar-refractivity contribution < 1.29 is 19.2 Å². The van der Waals surface area contributed by atoms with Crippen LogP contribution in [0, 0.1) is 11.3 Å². The molecule has 7 heteroatoms. The number of anilines is 1. The Bertz CT molecular complexity index is 886. The van der Waals surface area contributed by atoms with Crippen molar-refractivity contribution >= 4 is 29.3 Å². The quantitative estimate of drug-likeness (QED) is 0.789. The van der Waals surface area contributed by atoms with Gasteiger partial charge < -0.3 is 4.90 Å². The highest BCUT2D eigenvalue weighted by Gasteiger charge is 2.46. The molecule has 4 amide bonds. The molecule has 3 heterocycles. The number of nitrogens with zero attached hydrogens (tertiary/aromatic N) is 2. The summed E-state index contributed by atoms with van der Waals surface area (Å²) in [7, 11) is 0. The van der Waals surface area contributed by atoms with Crippen molar-refractivity contribution in [2.45, 2.75) is 46.1 Å². The van der Waals surface area contributed by atoms with Crippen LogP contribution >= 0.6 is 0 Å². The van der Waals surface area contributed by atoms with Gasteiger partial charge in [-0.1, -0.05) is 26.8 Å². The van der Waals surface area contributed by atoms with Crippen LogP contribution in [0.15, 0.2) is 18.2 Å². The van der Waals surface area contributed by atoms with Crippen LogP contribution in [0.2, 0.25) is 0 Å². The van der Waals surface area contributed by atoms with Crippen LogP contribution < -0.4 is 10.2 Å². The normalized spacial score (nSPS) is 25.4. The first kappa shape index (κ1) is 18.7. The van der Waals surface area contributed by atoms with Crippen molar-refractivity contribution in [2.75, 3.05) is 18.0 Å². The molecule has 0 aromatic heterocycles. The van der Waals surface area contributed by atoms with Gasteiger partial charge in [0.1, 0.15) is 6.04 Å². The first-order valence-electron chi connectivity index (χ1n) is 9.78. The van der Waals surface area contributed by atoms with Crippen molar-refractivity contribution in [3.63, 3.8) is 0 Å². The fourth-order valence-corrected chi connectivity index (χ4v) is 4.45. The summed E-state index contributed by atoms with van der Waals surface area (Å²) in [5, 5.41) is 2.23. The minimum Gasteiger partial charge on any atom is -0.371 e. The second kappa shape index (κ2) is 6.43. The third-order valence-electron chi connectivity index (χ3n) is 6.20. The van der Waals surface area contributed by atoms with Gasteiger partial charge in [0.25, 0.3) is 11.8 Å². The van der Waals surface area contributed by atoms with E-state index in [-0.39, 0.29) is 24.2 Å². The number of hydrogen-bond acceptors (Lipinski definition) is 5. The molecule has 1 N–H and O–H groups in total. The summed E-state index contributed by atoms with van der Waals surface area (Å²) in [6.07, 6.45) is 1.32. The lowest BCUT2D eigenvalue weighted by Crippen LogP contribution is -2.54. The number of hydrogen-bond donors (Lipinski definition) is 1. The average molecular weight is 383 g/mol. The molecule has 0 bridgehead atoms. The number of nitrogens with one attached hydrogen (secondary N) is 1. The minimum atomic E-state index is -0.932. The lowest BCUT2D eigenvalue weighted by Gasteiger charge is -2.29. The SMILES string of the molecule is CC(C)(C)C1CCN(c2cccc3c2C(=O)N(C2CCC(=O)NC2=O)C3=O)C1. The number of benzene rings is 1. The maximum absolute atomic E-state index is 13.2. The average Bonchev–Trinajstić information content (AvgIpc) is 3.21. The summed E-state index contributed by atoms with van der Waals surface area (Å²) in [6, 6.07) is 4.38. The predicted octanol–water partition coefficient (Wildman–Crippen LogP) is 1.96. The highest BCUT2D eigenvalue weighted by atomic mass is 16.2. The zero-order chi connectivity index (χ0) is 20.2. The number of piperidine rings is 1. The Labute approximate surface area is 164 Å². The molecule has 0 radical (unpaired) electrons. The highest BCUT2D eigenvalue weighted by molar-refractivity contribution is 6.25. The van der Waals surface area contributed by atoms with Crippen molar-refractivity contribution in [2.24, 2.45) is 11.3 Å². The van der Waals surface area contributed by atoms with E-state index in [1.807, 2.05) is 6.07 Å². The van der Waals surface area contributed by atoms with Gasteiger partial charge in [-0.25, -0.2) is 0 Å². The Hall–Kier alpha value is -2.70. The van der Waals surface area contributed by atoms with Crippen molar-refractivity contribution in [3.05, 3.63) is 29.3 Å². The third kappa shape index (κ3) is 2.89. The van der Waals surface area contributed by atoms with Gasteiger partial charge in [-0.3, -0.25) is 29.4 Å². The van der Waals surface area contributed by atoms with Crippen LogP contribution in [0.25, 0.3) is 0 Å². The molecule has 2 fully saturated rings. The van der Waals surface area contributed by atoms with E-state index in [1.54, 1.807) is 12.1 Å². The Morgan fingerprint density at radius 1 is 1.04 bits per heavy atom. The summed E-state index contributed by atoms with van der Waals surface area (Å²) in [5.41, 5.74) is 1.65. The number of amides is 4. The number of carbonyl (C=O) groups is 4. The van der Waals surface area contributed by atoms with E-state index in [1.165, 1.54) is 0 Å². The number of carbonyl (C=O) groups excluding carboxylic acids is 4. The molecule has 0 saturated carbocycles. The van der Waals surface area contributed by atoms with E-state index in [2.05, 4.69) is 31.0 Å². The second-order valence-electron chi connectivity index (χ2n) is 8.94. The Kier molecular flexibility index (Phi) is 4.28. The summed E-state index contributed by atoms with van der Waals surface area (Å²) in [6.45, 7) is 8.32. The maximum atomic E-state index is 13.2. The second-order valence-corrected chi connectivity index (χ2v) is 8.94. The summed E-state index contributed by atoms with van der Waals surface area (Å²) in [5.74, 6) is -1.35. The van der Waals surface area contributed by atoms with Crippen molar-refractivity contribution in [1.29, 1.82) is 0 Å². The smallest absolute Gasteiger partial charge is 0.264 e. The van der Waals surface area contributed by atoms with Gasteiger partial charge in [0, 0.05) is 19.5 Å². The number of rotatable bonds is 2. The van der Waals surface area contributed by atoms with E-state index >= 15 is 0 Å². The Morgan fingerprint density at radius 2 is 1.79 bits per heavy atom. The molecule has 2 saturated heterocycles. The molecule has 28 heavy (non-hydrogen) atoms. The topological polar surface area (TPSA) is 86.8 Å². The van der Waals surface area contributed by atoms with Gasteiger partial charge in [0.05, 0.1) is 16.8 Å². The molecule has 0 spiro atoms. The third-order valence-corrected chi connectivity index (χ3v) is 6.20. The fraction of sp³-hybridized carbons (Fsp3) is 0.524. The zero-order valence-electron chi connectivity index (χ0n) is 16.4. The van der Waals surface area contributed by atoms with Gasteiger partial charge in [-0.15, -0.1) is 0 Å². The van der Waals surface area contributed by atoms with Gasteiger partial charge in [0.15, 0.2) is 0 Å². The molecule has 2 unspecified atom stereocenters. The maximum Gasteiger partial charge on any atom is 0.264 e. The van der Waals surface area contributed by atoms with Crippen LogP contribution in [0.5, 0.6) is 0 Å². The molecule has 1 aromatic carbocycles. The van der Waals surface area contributed by atoms with E-state index in [0.717, 1.165) is 30.1 Å². The van der Waals surface area contributed by atoms with Gasteiger partial charge in [-0.05, 0) is 36.3 Å². The molecule has 148 valence electrons. The van der Waals surface area contributed by atoms with Crippen LogP contribution in [0.3, 0.4) is 0 Å². The molecular formula is C21H25N3O4. The number of imide groups is 2. The summed E-state index contributed by atoms with van der Waals surface area (Å²) >= 11 is 0. The molecular weight excluding hydrogens is 358 g/mol. The van der Waals surface area contributed by atoms with Crippen LogP contribution in [0.4, 0.5) is 5.69 Å². The standard InChI is InChI=1S/C21H25N3O4/c1-21(2,3)12-9-10-23(11-12)14-6-4-5-13-17(14)20(28)24(19(13)27)15-7-8-16(25)22-18(15)26/h4-6,12,15H,7-11H2,1-3H3,(H,22,25,26). The van der Waals surface area contributed by atoms with E-state index in [4.69, 9.17) is 0 Å². The zero-order valence-corrected chi connectivity index (χ0v) is 16.4. The van der Waals surface area contributed by atoms with E-state index in [9.17, 15) is 19.2 Å². The van der Waals surface area contributed by atoms with Crippen LogP contribution in [-0.2, 0) is 9.59 Å². The number of fused-ring (bicyclic) bond motifs is 1. The van der Waals surface area contributed by atoms with Gasteiger partial charge in [0.2, 0.25) is 11.8 Å². The van der Waals surface area contributed by atoms with Gasteiger partial charge >= 0.3 is 0 Å². The lowest BCUT2D eigenvalue weighted by atomic mass is 9.80. The molecule has 7 nitrogen and oxygen atoms in total. The molecule has 4 rings (SSSR count).